The van der Waals surface area contributed by atoms with E-state index in [1.165, 1.54) is 23.1 Å². The number of para-hydroxylation sites is 1. The van der Waals surface area contributed by atoms with Crippen molar-refractivity contribution in [2.45, 2.75) is 12.9 Å². The maximum Gasteiger partial charge on any atom is 0.573 e. The van der Waals surface area contributed by atoms with Crippen molar-refractivity contribution in [1.82, 2.24) is 10.2 Å². The predicted octanol–water partition coefficient (Wildman–Crippen LogP) is 3.25. The van der Waals surface area contributed by atoms with E-state index in [-0.39, 0.29) is 30.8 Å². The highest BCUT2D eigenvalue weighted by molar-refractivity contribution is 5.96. The molecule has 2 aromatic carbocycles. The zero-order valence-corrected chi connectivity index (χ0v) is 14.8. The van der Waals surface area contributed by atoms with Crippen molar-refractivity contribution in [3.8, 4) is 5.75 Å². The molecular formula is C19H15F5N2O3. The maximum atomic E-state index is 13.2. The Kier molecular flexibility index (Phi) is 5.71. The van der Waals surface area contributed by atoms with Crippen molar-refractivity contribution in [1.29, 1.82) is 0 Å². The summed E-state index contributed by atoms with van der Waals surface area (Å²) in [6, 6.07) is 8.18. The van der Waals surface area contributed by atoms with E-state index in [9.17, 15) is 31.5 Å². The molecule has 3 rings (SSSR count). The summed E-state index contributed by atoms with van der Waals surface area (Å²) in [7, 11) is 0. The second-order valence-electron chi connectivity index (χ2n) is 6.41. The van der Waals surface area contributed by atoms with Crippen molar-refractivity contribution >= 4 is 11.8 Å². The van der Waals surface area contributed by atoms with Gasteiger partial charge < -0.3 is 15.0 Å². The van der Waals surface area contributed by atoms with Gasteiger partial charge in [0.05, 0.1) is 5.92 Å². The van der Waals surface area contributed by atoms with E-state index in [1.54, 1.807) is 0 Å². The molecule has 0 atom stereocenters. The molecule has 0 radical (unpaired) electrons. The lowest BCUT2D eigenvalue weighted by Gasteiger charge is -2.38. The van der Waals surface area contributed by atoms with E-state index in [0.717, 1.165) is 24.3 Å². The van der Waals surface area contributed by atoms with Gasteiger partial charge in [0, 0.05) is 30.8 Å². The number of amides is 2. The molecule has 10 heteroatoms. The van der Waals surface area contributed by atoms with Crippen LogP contribution >= 0.6 is 0 Å². The summed E-state index contributed by atoms with van der Waals surface area (Å²) < 4.78 is 67.4. The van der Waals surface area contributed by atoms with Crippen LogP contribution in [-0.4, -0.2) is 36.2 Å². The number of ether oxygens (including phenoxy) is 1. The van der Waals surface area contributed by atoms with E-state index >= 15 is 0 Å². The maximum absolute atomic E-state index is 13.2. The minimum Gasteiger partial charge on any atom is -0.405 e. The fourth-order valence-electron chi connectivity index (χ4n) is 2.82. The van der Waals surface area contributed by atoms with Gasteiger partial charge in [-0.2, -0.15) is 0 Å². The van der Waals surface area contributed by atoms with Gasteiger partial charge in [-0.25, -0.2) is 8.78 Å². The van der Waals surface area contributed by atoms with Crippen LogP contribution in [-0.2, 0) is 11.3 Å². The third-order valence-corrected chi connectivity index (χ3v) is 4.36. The highest BCUT2D eigenvalue weighted by Gasteiger charge is 2.36. The number of rotatable bonds is 5. The number of benzene rings is 2. The van der Waals surface area contributed by atoms with Gasteiger partial charge in [0.2, 0.25) is 5.91 Å². The second kappa shape index (κ2) is 8.06. The van der Waals surface area contributed by atoms with Crippen LogP contribution in [0.2, 0.25) is 0 Å². The lowest BCUT2D eigenvalue weighted by molar-refractivity contribution is -0.274. The third kappa shape index (κ3) is 5.01. The Morgan fingerprint density at radius 2 is 1.76 bits per heavy atom. The zero-order chi connectivity index (χ0) is 21.2. The zero-order valence-electron chi connectivity index (χ0n) is 14.8. The summed E-state index contributed by atoms with van der Waals surface area (Å²) in [4.78, 5) is 25.7. The highest BCUT2D eigenvalue weighted by Crippen LogP contribution is 2.26. The number of nitrogens with one attached hydrogen (secondary N) is 1. The van der Waals surface area contributed by atoms with Gasteiger partial charge in [-0.15, -0.1) is 13.2 Å². The van der Waals surface area contributed by atoms with Crippen molar-refractivity contribution in [3.63, 3.8) is 0 Å². The first-order chi connectivity index (χ1) is 13.6. The molecule has 1 heterocycles. The summed E-state index contributed by atoms with van der Waals surface area (Å²) in [5, 5.41) is 2.51. The second-order valence-corrected chi connectivity index (χ2v) is 6.41. The topological polar surface area (TPSA) is 58.6 Å². The number of likely N-dealkylation sites (tertiary alicyclic amines) is 1. The molecule has 2 amide bonds. The van der Waals surface area contributed by atoms with Gasteiger partial charge in [-0.1, -0.05) is 18.2 Å². The normalized spacial score (nSPS) is 14.3. The molecule has 154 valence electrons. The van der Waals surface area contributed by atoms with Crippen molar-refractivity contribution < 1.29 is 36.3 Å². The first kappa shape index (κ1) is 20.6. The van der Waals surface area contributed by atoms with Crippen LogP contribution in [0.4, 0.5) is 22.0 Å². The number of hydrogen-bond donors (Lipinski definition) is 1. The number of alkyl halides is 3. The first-order valence-corrected chi connectivity index (χ1v) is 8.50. The van der Waals surface area contributed by atoms with Gasteiger partial charge in [0.1, 0.15) is 5.75 Å². The van der Waals surface area contributed by atoms with Crippen LogP contribution in [0.3, 0.4) is 0 Å². The minimum atomic E-state index is -4.85. The largest absolute Gasteiger partial charge is 0.573 e. The molecule has 1 aliphatic rings. The Morgan fingerprint density at radius 3 is 2.41 bits per heavy atom. The average Bonchev–Trinajstić information content (AvgIpc) is 2.60. The first-order valence-electron chi connectivity index (χ1n) is 8.50. The third-order valence-electron chi connectivity index (χ3n) is 4.36. The highest BCUT2D eigenvalue weighted by atomic mass is 19.4. The van der Waals surface area contributed by atoms with E-state index < -0.39 is 41.5 Å². The standard InChI is InChI=1S/C19H15F5N2O3/c20-14-6-5-11(7-15(14)21)18(28)26-9-13(10-26)17(27)25-8-12-3-1-2-4-16(12)29-19(22,23)24/h1-7,13H,8-10H2,(H,25,27). The van der Waals surface area contributed by atoms with Gasteiger partial charge in [0.25, 0.3) is 5.91 Å². The number of nitrogens with zero attached hydrogens (tertiary/aromatic N) is 1. The Morgan fingerprint density at radius 1 is 1.07 bits per heavy atom. The van der Waals surface area contributed by atoms with Crippen LogP contribution in [0, 0.1) is 17.6 Å². The van der Waals surface area contributed by atoms with Crippen LogP contribution in [0.15, 0.2) is 42.5 Å². The molecule has 2 aromatic rings. The van der Waals surface area contributed by atoms with Gasteiger partial charge in [-0.05, 0) is 24.3 Å². The molecule has 5 nitrogen and oxygen atoms in total. The van der Waals surface area contributed by atoms with Crippen molar-refractivity contribution in [2.75, 3.05) is 13.1 Å². The van der Waals surface area contributed by atoms with Crippen molar-refractivity contribution in [3.05, 3.63) is 65.2 Å². The van der Waals surface area contributed by atoms with Crippen LogP contribution in [0.25, 0.3) is 0 Å². The summed E-state index contributed by atoms with van der Waals surface area (Å²) in [6.07, 6.45) is -4.85. The summed E-state index contributed by atoms with van der Waals surface area (Å²) >= 11 is 0. The fourth-order valence-corrected chi connectivity index (χ4v) is 2.82. The summed E-state index contributed by atoms with van der Waals surface area (Å²) in [5.41, 5.74) is 0.105. The van der Waals surface area contributed by atoms with Crippen molar-refractivity contribution in [2.24, 2.45) is 5.92 Å². The quantitative estimate of drug-likeness (QED) is 0.765. The number of carbonyl (C=O) groups is 2. The summed E-state index contributed by atoms with van der Waals surface area (Å²) in [6.45, 7) is -0.0621. The van der Waals surface area contributed by atoms with Crippen LogP contribution in [0.1, 0.15) is 15.9 Å². The molecule has 1 N–H and O–H groups in total. The fraction of sp³-hybridized carbons (Fsp3) is 0.263. The van der Waals surface area contributed by atoms with Gasteiger partial charge in [-0.3, -0.25) is 9.59 Å². The number of halogens is 5. The molecule has 1 saturated heterocycles. The number of hydrogen-bond acceptors (Lipinski definition) is 3. The Labute approximate surface area is 162 Å². The Bertz CT molecular complexity index is 926. The molecule has 29 heavy (non-hydrogen) atoms. The molecule has 0 bridgehead atoms. The predicted molar refractivity (Wildman–Crippen MR) is 90.7 cm³/mol. The van der Waals surface area contributed by atoms with E-state index in [2.05, 4.69) is 10.1 Å². The summed E-state index contributed by atoms with van der Waals surface area (Å²) in [5.74, 6) is -4.18. The lowest BCUT2D eigenvalue weighted by Crippen LogP contribution is -2.55. The smallest absolute Gasteiger partial charge is 0.405 e. The Hall–Kier alpha value is -3.17. The molecule has 0 aromatic heterocycles. The van der Waals surface area contributed by atoms with E-state index in [4.69, 9.17) is 0 Å². The van der Waals surface area contributed by atoms with Gasteiger partial charge >= 0.3 is 6.36 Å². The average molecular weight is 414 g/mol. The molecular weight excluding hydrogens is 399 g/mol. The molecule has 0 spiro atoms. The van der Waals surface area contributed by atoms with E-state index in [1.807, 2.05) is 0 Å². The van der Waals surface area contributed by atoms with Crippen LogP contribution in [0.5, 0.6) is 5.75 Å². The van der Waals surface area contributed by atoms with Gasteiger partial charge in [0.15, 0.2) is 11.6 Å². The number of carbonyl (C=O) groups excluding carboxylic acids is 2. The molecule has 1 fully saturated rings. The SMILES string of the molecule is O=C(NCc1ccccc1OC(F)(F)F)C1CN(C(=O)c2ccc(F)c(F)c2)C1. The van der Waals surface area contributed by atoms with E-state index in [0.29, 0.717) is 0 Å². The Balaban J connectivity index is 1.53. The molecule has 0 saturated carbocycles. The monoisotopic (exact) mass is 414 g/mol. The van der Waals surface area contributed by atoms with Crippen LogP contribution < -0.4 is 10.1 Å². The molecule has 0 aliphatic carbocycles. The lowest BCUT2D eigenvalue weighted by atomic mass is 9.97. The molecule has 1 aliphatic heterocycles. The minimum absolute atomic E-state index is 0.0408. The molecule has 0 unspecified atom stereocenters.